The average Bonchev–Trinajstić information content (AvgIpc) is 2.93. The van der Waals surface area contributed by atoms with E-state index in [2.05, 4.69) is 26.1 Å². The second kappa shape index (κ2) is 5.25. The Morgan fingerprint density at radius 2 is 2.19 bits per heavy atom. The number of hydrogen-bond acceptors (Lipinski definition) is 6. The molecule has 0 spiro atoms. The highest BCUT2D eigenvalue weighted by Crippen LogP contribution is 2.42. The van der Waals surface area contributed by atoms with Crippen molar-refractivity contribution in [3.8, 4) is 0 Å². The Kier molecular flexibility index (Phi) is 3.70. The number of aromatic nitrogens is 2. The Labute approximate surface area is 129 Å². The van der Waals surface area contributed by atoms with Crippen LogP contribution in [0.25, 0.3) is 0 Å². The first kappa shape index (κ1) is 14.8. The molecule has 1 fully saturated rings. The van der Waals surface area contributed by atoms with E-state index in [1.807, 2.05) is 0 Å². The molecule has 10 heteroatoms. The Morgan fingerprint density at radius 3 is 2.71 bits per heavy atom. The highest BCUT2D eigenvalue weighted by atomic mass is 79.9. The van der Waals surface area contributed by atoms with Crippen molar-refractivity contribution in [3.63, 3.8) is 0 Å². The van der Waals surface area contributed by atoms with Gasteiger partial charge in [-0.2, -0.15) is 13.2 Å². The molecule has 0 aromatic carbocycles. The van der Waals surface area contributed by atoms with Gasteiger partial charge in [-0.15, -0.1) is 0 Å². The molecule has 1 aliphatic rings. The number of alkyl halides is 3. The number of rotatable bonds is 3. The van der Waals surface area contributed by atoms with E-state index >= 15 is 0 Å². The molecule has 114 valence electrons. The minimum absolute atomic E-state index is 0.0162. The highest BCUT2D eigenvalue weighted by molar-refractivity contribution is 9.11. The third-order valence-corrected chi connectivity index (χ3v) is 4.91. The van der Waals surface area contributed by atoms with Crippen LogP contribution in [0, 0.1) is 0 Å². The molecule has 0 aliphatic carbocycles. The maximum Gasteiger partial charge on any atom is 0.435 e. The molecule has 1 saturated heterocycles. The Balaban J connectivity index is 1.69. The van der Waals surface area contributed by atoms with Gasteiger partial charge in [-0.25, -0.2) is 4.98 Å². The van der Waals surface area contributed by atoms with E-state index in [0.717, 1.165) is 11.3 Å². The zero-order valence-electron chi connectivity index (χ0n) is 10.4. The molecular weight excluding hydrogens is 375 g/mol. The van der Waals surface area contributed by atoms with E-state index in [1.165, 1.54) is 0 Å². The maximum absolute atomic E-state index is 12.7. The van der Waals surface area contributed by atoms with Crippen molar-refractivity contribution in [2.45, 2.75) is 18.7 Å². The maximum atomic E-state index is 12.7. The first-order valence-electron chi connectivity index (χ1n) is 5.93. The van der Waals surface area contributed by atoms with Gasteiger partial charge in [-0.3, -0.25) is 0 Å². The molecule has 3 rings (SSSR count). The molecule has 0 radical (unpaired) electrons. The van der Waals surface area contributed by atoms with Crippen molar-refractivity contribution in [3.05, 3.63) is 27.0 Å². The van der Waals surface area contributed by atoms with E-state index in [4.69, 9.17) is 9.63 Å². The van der Waals surface area contributed by atoms with Crippen molar-refractivity contribution in [2.24, 2.45) is 0 Å². The number of halogens is 4. The van der Waals surface area contributed by atoms with Gasteiger partial charge in [0.2, 0.25) is 0 Å². The van der Waals surface area contributed by atoms with Gasteiger partial charge in [0.15, 0.2) is 16.6 Å². The van der Waals surface area contributed by atoms with Crippen LogP contribution in [0.3, 0.4) is 0 Å². The van der Waals surface area contributed by atoms with Gasteiger partial charge in [-0.05, 0) is 15.9 Å². The molecule has 0 bridgehead atoms. The van der Waals surface area contributed by atoms with Crippen LogP contribution in [0.1, 0.15) is 23.1 Å². The SMILES string of the molecule is OCc1cc(C2CN(c3nc(C(F)(F)F)c(Br)s3)C2)no1. The lowest BCUT2D eigenvalue weighted by atomic mass is 9.97. The first-order valence-corrected chi connectivity index (χ1v) is 7.54. The van der Waals surface area contributed by atoms with Crippen LogP contribution in [-0.4, -0.2) is 28.3 Å². The third-order valence-electron chi connectivity index (χ3n) is 3.15. The fourth-order valence-electron chi connectivity index (χ4n) is 2.02. The van der Waals surface area contributed by atoms with Crippen LogP contribution in [0.15, 0.2) is 14.4 Å². The molecule has 1 N–H and O–H groups in total. The number of anilines is 1. The zero-order valence-corrected chi connectivity index (χ0v) is 12.8. The van der Waals surface area contributed by atoms with Gasteiger partial charge in [0, 0.05) is 25.1 Å². The quantitative estimate of drug-likeness (QED) is 0.882. The summed E-state index contributed by atoms with van der Waals surface area (Å²) in [6, 6.07) is 1.65. The summed E-state index contributed by atoms with van der Waals surface area (Å²) in [7, 11) is 0. The molecule has 0 unspecified atom stereocenters. The van der Waals surface area contributed by atoms with Crippen molar-refractivity contribution in [1.29, 1.82) is 0 Å². The summed E-state index contributed by atoms with van der Waals surface area (Å²) in [5.41, 5.74) is -0.197. The highest BCUT2D eigenvalue weighted by Gasteiger charge is 2.39. The van der Waals surface area contributed by atoms with Crippen LogP contribution in [-0.2, 0) is 12.8 Å². The number of thiazole rings is 1. The van der Waals surface area contributed by atoms with Crippen LogP contribution in [0.4, 0.5) is 18.3 Å². The average molecular weight is 384 g/mol. The summed E-state index contributed by atoms with van der Waals surface area (Å²) in [4.78, 5) is 5.39. The van der Waals surface area contributed by atoms with E-state index in [0.29, 0.717) is 29.7 Å². The lowest BCUT2D eigenvalue weighted by Crippen LogP contribution is -2.45. The molecule has 1 aliphatic heterocycles. The molecule has 0 amide bonds. The van der Waals surface area contributed by atoms with Crippen LogP contribution < -0.4 is 4.90 Å². The molecule has 2 aromatic rings. The standard InChI is InChI=1S/C11H9BrF3N3O2S/c12-9-8(11(13,14)15)16-10(21-9)18-2-5(3-18)7-1-6(4-19)20-17-7/h1,5,19H,2-4H2. The van der Waals surface area contributed by atoms with E-state index in [-0.39, 0.29) is 16.3 Å². The summed E-state index contributed by atoms with van der Waals surface area (Å²) in [6.45, 7) is 0.821. The molecule has 2 aromatic heterocycles. The number of hydrogen-bond donors (Lipinski definition) is 1. The molecule has 5 nitrogen and oxygen atoms in total. The van der Waals surface area contributed by atoms with E-state index < -0.39 is 11.9 Å². The smallest absolute Gasteiger partial charge is 0.388 e. The third kappa shape index (κ3) is 2.79. The second-order valence-electron chi connectivity index (χ2n) is 4.59. The van der Waals surface area contributed by atoms with Crippen molar-refractivity contribution >= 4 is 32.4 Å². The second-order valence-corrected chi connectivity index (χ2v) is 6.89. The van der Waals surface area contributed by atoms with Crippen molar-refractivity contribution < 1.29 is 22.8 Å². The number of nitrogens with zero attached hydrogens (tertiary/aromatic N) is 3. The Morgan fingerprint density at radius 1 is 1.48 bits per heavy atom. The summed E-state index contributed by atoms with van der Waals surface area (Å²) in [5, 5.41) is 13.1. The number of aliphatic hydroxyl groups is 1. The van der Waals surface area contributed by atoms with Crippen molar-refractivity contribution in [1.82, 2.24) is 10.1 Å². The largest absolute Gasteiger partial charge is 0.435 e. The minimum atomic E-state index is -4.46. The number of aliphatic hydroxyl groups excluding tert-OH is 1. The lowest BCUT2D eigenvalue weighted by molar-refractivity contribution is -0.141. The van der Waals surface area contributed by atoms with Crippen LogP contribution in [0.2, 0.25) is 0 Å². The lowest BCUT2D eigenvalue weighted by Gasteiger charge is -2.37. The fourth-order valence-corrected chi connectivity index (χ4v) is 3.60. The van der Waals surface area contributed by atoms with Gasteiger partial charge in [0.05, 0.1) is 5.69 Å². The monoisotopic (exact) mass is 383 g/mol. The van der Waals surface area contributed by atoms with Gasteiger partial charge >= 0.3 is 6.18 Å². The predicted molar refractivity (Wildman–Crippen MR) is 72.2 cm³/mol. The molecule has 3 heterocycles. The summed E-state index contributed by atoms with van der Waals surface area (Å²) < 4.78 is 42.9. The normalized spacial score (nSPS) is 16.3. The van der Waals surface area contributed by atoms with E-state index in [1.54, 1.807) is 11.0 Å². The Bertz CT molecular complexity index is 651. The van der Waals surface area contributed by atoms with Crippen LogP contribution >= 0.6 is 27.3 Å². The van der Waals surface area contributed by atoms with Crippen LogP contribution in [0.5, 0.6) is 0 Å². The molecular formula is C11H9BrF3N3O2S. The van der Waals surface area contributed by atoms with Gasteiger partial charge in [-0.1, -0.05) is 16.5 Å². The minimum Gasteiger partial charge on any atom is -0.388 e. The van der Waals surface area contributed by atoms with Gasteiger partial charge in [0.25, 0.3) is 0 Å². The van der Waals surface area contributed by atoms with Gasteiger partial charge < -0.3 is 14.5 Å². The zero-order chi connectivity index (χ0) is 15.2. The Hall–Kier alpha value is -1.13. The molecule has 21 heavy (non-hydrogen) atoms. The summed E-state index contributed by atoms with van der Waals surface area (Å²) in [5.74, 6) is 0.450. The predicted octanol–water partition coefficient (Wildman–Crippen LogP) is 3.01. The topological polar surface area (TPSA) is 62.4 Å². The summed E-state index contributed by atoms with van der Waals surface area (Å²) in [6.07, 6.45) is -4.46. The van der Waals surface area contributed by atoms with Crippen molar-refractivity contribution in [2.75, 3.05) is 18.0 Å². The van der Waals surface area contributed by atoms with Gasteiger partial charge in [0.1, 0.15) is 10.4 Å². The molecule has 0 atom stereocenters. The fraction of sp³-hybridized carbons (Fsp3) is 0.455. The van der Waals surface area contributed by atoms with E-state index in [9.17, 15) is 13.2 Å². The molecule has 0 saturated carbocycles. The first-order chi connectivity index (χ1) is 9.88. The summed E-state index contributed by atoms with van der Waals surface area (Å²) >= 11 is 3.86.